The van der Waals surface area contributed by atoms with E-state index < -0.39 is 4.92 Å². The van der Waals surface area contributed by atoms with Gasteiger partial charge in [0.25, 0.3) is 11.6 Å². The van der Waals surface area contributed by atoms with Gasteiger partial charge in [0.1, 0.15) is 0 Å². The zero-order valence-electron chi connectivity index (χ0n) is 10.3. The smallest absolute Gasteiger partial charge is 0.269 e. The zero-order valence-corrected chi connectivity index (χ0v) is 10.3. The molecule has 1 heterocycles. The Kier molecular flexibility index (Phi) is 4.43. The van der Waals surface area contributed by atoms with Crippen LogP contribution in [-0.4, -0.2) is 43.2 Å². The van der Waals surface area contributed by atoms with Crippen molar-refractivity contribution in [2.24, 2.45) is 0 Å². The van der Waals surface area contributed by atoms with Crippen molar-refractivity contribution in [1.82, 2.24) is 10.6 Å². The number of nitro benzene ring substituents is 1. The van der Waals surface area contributed by atoms with Gasteiger partial charge in [-0.25, -0.2) is 0 Å². The quantitative estimate of drug-likeness (QED) is 0.603. The third kappa shape index (κ3) is 3.73. The molecule has 7 nitrogen and oxygen atoms in total. The van der Waals surface area contributed by atoms with Gasteiger partial charge in [0.15, 0.2) is 0 Å². The van der Waals surface area contributed by atoms with Crippen LogP contribution >= 0.6 is 0 Å². The molecule has 1 saturated heterocycles. The van der Waals surface area contributed by atoms with E-state index in [-0.39, 0.29) is 17.7 Å². The summed E-state index contributed by atoms with van der Waals surface area (Å²) >= 11 is 0. The molecule has 0 bridgehead atoms. The number of morpholine rings is 1. The van der Waals surface area contributed by atoms with E-state index in [0.29, 0.717) is 25.3 Å². The maximum atomic E-state index is 11.8. The molecule has 2 N–H and O–H groups in total. The number of nitro groups is 1. The lowest BCUT2D eigenvalue weighted by atomic mass is 10.2. The number of amides is 1. The highest BCUT2D eigenvalue weighted by Crippen LogP contribution is 2.11. The Hall–Kier alpha value is -1.99. The van der Waals surface area contributed by atoms with Crippen LogP contribution in [0.3, 0.4) is 0 Å². The minimum Gasteiger partial charge on any atom is -0.374 e. The number of nitrogens with one attached hydrogen (secondary N) is 2. The van der Waals surface area contributed by atoms with Crippen molar-refractivity contribution in [2.75, 3.05) is 26.2 Å². The predicted molar refractivity (Wildman–Crippen MR) is 68.0 cm³/mol. The molecule has 102 valence electrons. The fourth-order valence-electron chi connectivity index (χ4n) is 1.79. The second-order valence-electron chi connectivity index (χ2n) is 4.21. The molecular weight excluding hydrogens is 250 g/mol. The van der Waals surface area contributed by atoms with Crippen LogP contribution in [0.2, 0.25) is 0 Å². The summed E-state index contributed by atoms with van der Waals surface area (Å²) in [5, 5.41) is 16.4. The third-order valence-electron chi connectivity index (χ3n) is 2.84. The molecule has 0 spiro atoms. The molecule has 0 aliphatic carbocycles. The molecule has 1 aromatic rings. The van der Waals surface area contributed by atoms with Gasteiger partial charge in [0.2, 0.25) is 0 Å². The van der Waals surface area contributed by atoms with E-state index >= 15 is 0 Å². The SMILES string of the molecule is O=C(NCC1CNCCO1)c1ccc([N+](=O)[O-])cc1. The Labute approximate surface area is 110 Å². The summed E-state index contributed by atoms with van der Waals surface area (Å²) in [5.74, 6) is -0.260. The highest BCUT2D eigenvalue weighted by atomic mass is 16.6. The predicted octanol–water partition coefficient (Wildman–Crippen LogP) is 0.313. The van der Waals surface area contributed by atoms with Gasteiger partial charge >= 0.3 is 0 Å². The summed E-state index contributed by atoms with van der Waals surface area (Å²) in [7, 11) is 0. The molecule has 2 rings (SSSR count). The van der Waals surface area contributed by atoms with Crippen molar-refractivity contribution in [1.29, 1.82) is 0 Å². The largest absolute Gasteiger partial charge is 0.374 e. The van der Waals surface area contributed by atoms with Gasteiger partial charge < -0.3 is 15.4 Å². The Morgan fingerprint density at radius 1 is 1.47 bits per heavy atom. The summed E-state index contributed by atoms with van der Waals surface area (Å²) in [6.07, 6.45) is -0.0317. The highest BCUT2D eigenvalue weighted by molar-refractivity contribution is 5.94. The number of hydrogen-bond acceptors (Lipinski definition) is 5. The van der Waals surface area contributed by atoms with E-state index in [9.17, 15) is 14.9 Å². The Balaban J connectivity index is 1.86. The number of non-ortho nitro benzene ring substituents is 1. The second-order valence-corrected chi connectivity index (χ2v) is 4.21. The van der Waals surface area contributed by atoms with Crippen molar-refractivity contribution in [3.05, 3.63) is 39.9 Å². The molecule has 19 heavy (non-hydrogen) atoms. The maximum Gasteiger partial charge on any atom is 0.269 e. The van der Waals surface area contributed by atoms with Crippen LogP contribution in [0.25, 0.3) is 0 Å². The van der Waals surface area contributed by atoms with Crippen LogP contribution < -0.4 is 10.6 Å². The van der Waals surface area contributed by atoms with Gasteiger partial charge in [-0.3, -0.25) is 14.9 Å². The first kappa shape index (κ1) is 13.4. The summed E-state index contributed by atoms with van der Waals surface area (Å²) in [5.41, 5.74) is 0.366. The minimum absolute atomic E-state index is 0.0311. The van der Waals surface area contributed by atoms with Crippen molar-refractivity contribution >= 4 is 11.6 Å². The lowest BCUT2D eigenvalue weighted by Gasteiger charge is -2.23. The number of carbonyl (C=O) groups is 1. The first-order chi connectivity index (χ1) is 9.16. The zero-order chi connectivity index (χ0) is 13.7. The molecule has 1 aromatic carbocycles. The van der Waals surface area contributed by atoms with Crippen LogP contribution in [0, 0.1) is 10.1 Å². The van der Waals surface area contributed by atoms with Crippen molar-refractivity contribution in [2.45, 2.75) is 6.10 Å². The minimum atomic E-state index is -0.497. The van der Waals surface area contributed by atoms with E-state index in [0.717, 1.165) is 6.54 Å². The van der Waals surface area contributed by atoms with E-state index in [4.69, 9.17) is 4.74 Å². The first-order valence-corrected chi connectivity index (χ1v) is 6.02. The monoisotopic (exact) mass is 265 g/mol. The molecular formula is C12H15N3O4. The number of nitrogens with zero attached hydrogens (tertiary/aromatic N) is 1. The first-order valence-electron chi connectivity index (χ1n) is 6.02. The van der Waals surface area contributed by atoms with Gasteiger partial charge in [-0.05, 0) is 12.1 Å². The third-order valence-corrected chi connectivity index (χ3v) is 2.84. The molecule has 0 radical (unpaired) electrons. The van der Waals surface area contributed by atoms with Crippen LogP contribution in [0.1, 0.15) is 10.4 Å². The Morgan fingerprint density at radius 2 is 2.21 bits per heavy atom. The maximum absolute atomic E-state index is 11.8. The lowest BCUT2D eigenvalue weighted by molar-refractivity contribution is -0.384. The molecule has 1 aliphatic rings. The summed E-state index contributed by atoms with van der Waals surface area (Å²) < 4.78 is 5.45. The van der Waals surface area contributed by atoms with Crippen LogP contribution in [0.5, 0.6) is 0 Å². The molecule has 1 unspecified atom stereocenters. The van der Waals surface area contributed by atoms with E-state index in [1.165, 1.54) is 24.3 Å². The number of ether oxygens (including phenoxy) is 1. The van der Waals surface area contributed by atoms with E-state index in [1.54, 1.807) is 0 Å². The van der Waals surface area contributed by atoms with Gasteiger partial charge in [-0.1, -0.05) is 0 Å². The number of benzene rings is 1. The Bertz CT molecular complexity index is 455. The van der Waals surface area contributed by atoms with Crippen LogP contribution in [0.4, 0.5) is 5.69 Å². The molecule has 0 aromatic heterocycles. The lowest BCUT2D eigenvalue weighted by Crippen LogP contribution is -2.45. The van der Waals surface area contributed by atoms with Crippen molar-refractivity contribution < 1.29 is 14.5 Å². The van der Waals surface area contributed by atoms with Gasteiger partial charge in [0.05, 0.1) is 17.6 Å². The number of rotatable bonds is 4. The van der Waals surface area contributed by atoms with Gasteiger partial charge in [0, 0.05) is 37.3 Å². The highest BCUT2D eigenvalue weighted by Gasteiger charge is 2.15. The van der Waals surface area contributed by atoms with Crippen molar-refractivity contribution in [3.63, 3.8) is 0 Å². The molecule has 7 heteroatoms. The fourth-order valence-corrected chi connectivity index (χ4v) is 1.79. The van der Waals surface area contributed by atoms with Crippen LogP contribution in [-0.2, 0) is 4.74 Å². The molecule has 1 atom stereocenters. The average Bonchev–Trinajstić information content (AvgIpc) is 2.46. The topological polar surface area (TPSA) is 93.5 Å². The fraction of sp³-hybridized carbons (Fsp3) is 0.417. The second kappa shape index (κ2) is 6.26. The van der Waals surface area contributed by atoms with Crippen LogP contribution in [0.15, 0.2) is 24.3 Å². The summed E-state index contributed by atoms with van der Waals surface area (Å²) in [6, 6.07) is 5.50. The number of hydrogen-bond donors (Lipinski definition) is 2. The number of carbonyl (C=O) groups excluding carboxylic acids is 1. The van der Waals surface area contributed by atoms with E-state index in [2.05, 4.69) is 10.6 Å². The van der Waals surface area contributed by atoms with Gasteiger partial charge in [-0.2, -0.15) is 0 Å². The summed E-state index contributed by atoms with van der Waals surface area (Å²) in [4.78, 5) is 21.8. The molecule has 1 aliphatic heterocycles. The molecule has 0 saturated carbocycles. The molecule has 1 amide bonds. The average molecular weight is 265 g/mol. The Morgan fingerprint density at radius 3 is 2.79 bits per heavy atom. The van der Waals surface area contributed by atoms with Gasteiger partial charge in [-0.15, -0.1) is 0 Å². The van der Waals surface area contributed by atoms with E-state index in [1.807, 2.05) is 0 Å². The normalized spacial score (nSPS) is 18.8. The standard InChI is InChI=1S/C12H15N3O4/c16-12(14-8-11-7-13-5-6-19-11)9-1-3-10(4-2-9)15(17)18/h1-4,11,13H,5-8H2,(H,14,16). The summed E-state index contributed by atoms with van der Waals surface area (Å²) in [6.45, 7) is 2.59. The van der Waals surface area contributed by atoms with Crippen molar-refractivity contribution in [3.8, 4) is 0 Å². The molecule has 1 fully saturated rings.